The fraction of sp³-hybridized carbons (Fsp3) is 0.429. The molecule has 0 heterocycles. The van der Waals surface area contributed by atoms with Gasteiger partial charge in [0.05, 0.1) is 17.7 Å². The van der Waals surface area contributed by atoms with E-state index in [2.05, 4.69) is 9.46 Å². The van der Waals surface area contributed by atoms with Gasteiger partial charge in [-0.3, -0.25) is 4.79 Å². The van der Waals surface area contributed by atoms with Gasteiger partial charge < -0.3 is 9.84 Å². The predicted molar refractivity (Wildman–Crippen MR) is 89.1 cm³/mol. The zero-order valence-electron chi connectivity index (χ0n) is 13.2. The molecule has 0 aliphatic rings. The fourth-order valence-corrected chi connectivity index (χ4v) is 4.46. The summed E-state index contributed by atoms with van der Waals surface area (Å²) < 4.78 is 32.3. The third kappa shape index (κ3) is 5.34. The van der Waals surface area contributed by atoms with Gasteiger partial charge in [0.25, 0.3) is 0 Å². The van der Waals surface area contributed by atoms with Crippen LogP contribution in [-0.4, -0.2) is 38.1 Å². The van der Waals surface area contributed by atoms with Crippen molar-refractivity contribution in [2.24, 2.45) is 0 Å². The Morgan fingerprint density at radius 3 is 2.38 bits per heavy atom. The standard InChI is InChI=1S/C14H17Cl2NO6S/c1-14(2,5-4-11(18)19)17-24(21,22)12-9(13(20)23-3)6-8(15)7-10(12)16/h6-7,17H,4-5H2,1-3H3,(H,18,19). The first-order chi connectivity index (χ1) is 10.9. The third-order valence-electron chi connectivity index (χ3n) is 3.06. The average Bonchev–Trinajstić information content (AvgIpc) is 2.41. The van der Waals surface area contributed by atoms with Crippen molar-refractivity contribution >= 4 is 45.2 Å². The number of sulfonamides is 1. The molecule has 0 aliphatic heterocycles. The van der Waals surface area contributed by atoms with Crippen molar-refractivity contribution in [3.63, 3.8) is 0 Å². The molecule has 0 bridgehead atoms. The molecule has 0 saturated heterocycles. The summed E-state index contributed by atoms with van der Waals surface area (Å²) in [6.45, 7) is 3.05. The van der Waals surface area contributed by atoms with E-state index in [1.165, 1.54) is 19.9 Å². The van der Waals surface area contributed by atoms with Crippen LogP contribution in [0.5, 0.6) is 0 Å². The second kappa shape index (κ2) is 7.69. The maximum absolute atomic E-state index is 12.7. The van der Waals surface area contributed by atoms with Gasteiger partial charge in [-0.15, -0.1) is 0 Å². The minimum atomic E-state index is -4.23. The van der Waals surface area contributed by atoms with Gasteiger partial charge in [0.1, 0.15) is 4.90 Å². The number of esters is 1. The van der Waals surface area contributed by atoms with Crippen molar-refractivity contribution in [2.45, 2.75) is 37.1 Å². The van der Waals surface area contributed by atoms with E-state index < -0.39 is 32.4 Å². The number of aliphatic carboxylic acids is 1. The van der Waals surface area contributed by atoms with Crippen LogP contribution in [0.3, 0.4) is 0 Å². The molecule has 7 nitrogen and oxygen atoms in total. The Kier molecular flexibility index (Phi) is 6.63. The van der Waals surface area contributed by atoms with E-state index in [-0.39, 0.29) is 28.5 Å². The van der Waals surface area contributed by atoms with Crippen LogP contribution in [-0.2, 0) is 19.6 Å². The van der Waals surface area contributed by atoms with E-state index in [1.807, 2.05) is 0 Å². The number of carboxylic acid groups (broad SMARTS) is 1. The van der Waals surface area contributed by atoms with Gasteiger partial charge in [0.2, 0.25) is 10.0 Å². The molecular weight excluding hydrogens is 381 g/mol. The molecule has 1 aromatic rings. The Labute approximate surface area is 149 Å². The first-order valence-corrected chi connectivity index (χ1v) is 8.96. The molecule has 0 fully saturated rings. The van der Waals surface area contributed by atoms with Crippen LogP contribution >= 0.6 is 23.2 Å². The summed E-state index contributed by atoms with van der Waals surface area (Å²) in [5, 5.41) is 8.57. The van der Waals surface area contributed by atoms with Crippen LogP contribution < -0.4 is 4.72 Å². The molecule has 134 valence electrons. The Hall–Kier alpha value is -1.35. The molecule has 2 N–H and O–H groups in total. The second-order valence-electron chi connectivity index (χ2n) is 5.64. The van der Waals surface area contributed by atoms with Crippen LogP contribution in [0, 0.1) is 0 Å². The summed E-state index contributed by atoms with van der Waals surface area (Å²) in [5.41, 5.74) is -1.38. The molecule has 0 saturated carbocycles. The lowest BCUT2D eigenvalue weighted by Gasteiger charge is -2.26. The van der Waals surface area contributed by atoms with E-state index in [9.17, 15) is 18.0 Å². The van der Waals surface area contributed by atoms with Crippen molar-refractivity contribution in [1.29, 1.82) is 0 Å². The largest absolute Gasteiger partial charge is 0.481 e. The topological polar surface area (TPSA) is 110 Å². The molecule has 0 spiro atoms. The molecule has 0 unspecified atom stereocenters. The number of benzene rings is 1. The van der Waals surface area contributed by atoms with Crippen LogP contribution in [0.4, 0.5) is 0 Å². The van der Waals surface area contributed by atoms with Gasteiger partial charge in [-0.2, -0.15) is 0 Å². The van der Waals surface area contributed by atoms with Crippen molar-refractivity contribution in [1.82, 2.24) is 4.72 Å². The molecule has 24 heavy (non-hydrogen) atoms. The normalized spacial score (nSPS) is 12.0. The average molecular weight is 398 g/mol. The van der Waals surface area contributed by atoms with Crippen molar-refractivity contribution in [3.05, 3.63) is 27.7 Å². The minimum absolute atomic E-state index is 0.0420. The highest BCUT2D eigenvalue weighted by atomic mass is 35.5. The monoisotopic (exact) mass is 397 g/mol. The van der Waals surface area contributed by atoms with E-state index in [1.54, 1.807) is 0 Å². The molecule has 0 atom stereocenters. The number of hydrogen-bond acceptors (Lipinski definition) is 5. The van der Waals surface area contributed by atoms with Gasteiger partial charge in [0, 0.05) is 17.0 Å². The van der Waals surface area contributed by atoms with Crippen molar-refractivity contribution in [2.75, 3.05) is 7.11 Å². The number of hydrogen-bond donors (Lipinski definition) is 2. The second-order valence-corrected chi connectivity index (χ2v) is 8.10. The van der Waals surface area contributed by atoms with Crippen molar-refractivity contribution in [3.8, 4) is 0 Å². The summed E-state index contributed by atoms with van der Waals surface area (Å²) in [6, 6.07) is 2.33. The number of rotatable bonds is 7. The molecular formula is C14H17Cl2NO6S. The summed E-state index contributed by atoms with van der Waals surface area (Å²) in [4.78, 5) is 22.1. The SMILES string of the molecule is COC(=O)c1cc(Cl)cc(Cl)c1S(=O)(=O)NC(C)(C)CCC(=O)O. The Morgan fingerprint density at radius 1 is 1.29 bits per heavy atom. The van der Waals surface area contributed by atoms with Crippen LogP contribution in [0.15, 0.2) is 17.0 Å². The number of carboxylic acids is 1. The predicted octanol–water partition coefficient (Wildman–Crippen LogP) is 2.70. The number of methoxy groups -OCH3 is 1. The summed E-state index contributed by atoms with van der Waals surface area (Å²) >= 11 is 11.8. The highest BCUT2D eigenvalue weighted by molar-refractivity contribution is 7.89. The Bertz CT molecular complexity index is 761. The smallest absolute Gasteiger partial charge is 0.339 e. The molecule has 10 heteroatoms. The van der Waals surface area contributed by atoms with Gasteiger partial charge in [-0.25, -0.2) is 17.9 Å². The molecule has 0 amide bonds. The zero-order chi connectivity index (χ0) is 18.7. The first kappa shape index (κ1) is 20.7. The highest BCUT2D eigenvalue weighted by Gasteiger charge is 2.32. The molecule has 1 rings (SSSR count). The lowest BCUT2D eigenvalue weighted by Crippen LogP contribution is -2.44. The summed E-state index contributed by atoms with van der Waals surface area (Å²) in [7, 11) is -3.14. The van der Waals surface area contributed by atoms with Crippen LogP contribution in [0.2, 0.25) is 10.0 Å². The molecule has 1 aromatic carbocycles. The number of ether oxygens (including phenoxy) is 1. The third-order valence-corrected chi connectivity index (χ3v) is 5.48. The summed E-state index contributed by atoms with van der Waals surface area (Å²) in [6.07, 6.45) is -0.186. The summed E-state index contributed by atoms with van der Waals surface area (Å²) in [5.74, 6) is -1.97. The zero-order valence-corrected chi connectivity index (χ0v) is 15.5. The van der Waals surface area contributed by atoms with Gasteiger partial charge in [-0.1, -0.05) is 23.2 Å². The van der Waals surface area contributed by atoms with E-state index in [4.69, 9.17) is 28.3 Å². The lowest BCUT2D eigenvalue weighted by atomic mass is 10.0. The molecule has 0 radical (unpaired) electrons. The quantitative estimate of drug-likeness (QED) is 0.684. The lowest BCUT2D eigenvalue weighted by molar-refractivity contribution is -0.137. The maximum Gasteiger partial charge on any atom is 0.339 e. The van der Waals surface area contributed by atoms with Crippen LogP contribution in [0.25, 0.3) is 0 Å². The minimum Gasteiger partial charge on any atom is -0.481 e. The Morgan fingerprint density at radius 2 is 1.88 bits per heavy atom. The number of nitrogens with one attached hydrogen (secondary N) is 1. The molecule has 0 aliphatic carbocycles. The van der Waals surface area contributed by atoms with Gasteiger partial charge >= 0.3 is 11.9 Å². The Balaban J connectivity index is 3.33. The number of carbonyl (C=O) groups excluding carboxylic acids is 1. The van der Waals surface area contributed by atoms with Gasteiger partial charge in [-0.05, 0) is 32.4 Å². The number of halogens is 2. The molecule has 0 aromatic heterocycles. The number of carbonyl (C=O) groups is 2. The fourth-order valence-electron chi connectivity index (χ4n) is 1.98. The van der Waals surface area contributed by atoms with Gasteiger partial charge in [0.15, 0.2) is 0 Å². The highest BCUT2D eigenvalue weighted by Crippen LogP contribution is 2.31. The van der Waals surface area contributed by atoms with Crippen LogP contribution in [0.1, 0.15) is 37.0 Å². The van der Waals surface area contributed by atoms with Crippen molar-refractivity contribution < 1.29 is 27.9 Å². The first-order valence-electron chi connectivity index (χ1n) is 6.73. The van der Waals surface area contributed by atoms with E-state index >= 15 is 0 Å². The van der Waals surface area contributed by atoms with E-state index in [0.29, 0.717) is 0 Å². The van der Waals surface area contributed by atoms with E-state index in [0.717, 1.165) is 13.2 Å². The maximum atomic E-state index is 12.7.